The Kier molecular flexibility index (Phi) is 5.94. The lowest BCUT2D eigenvalue weighted by Crippen LogP contribution is -2.40. The quantitative estimate of drug-likeness (QED) is 0.526. The van der Waals surface area contributed by atoms with Gasteiger partial charge in [0.05, 0.1) is 23.5 Å². The molecule has 9 heteroatoms. The van der Waals surface area contributed by atoms with E-state index < -0.39 is 15.4 Å². The third-order valence-electron chi connectivity index (χ3n) is 7.38. The summed E-state index contributed by atoms with van der Waals surface area (Å²) in [4.78, 5) is 13.6. The van der Waals surface area contributed by atoms with Gasteiger partial charge in [0.2, 0.25) is 22.7 Å². The first-order valence-corrected chi connectivity index (χ1v) is 13.8. The smallest absolute Gasteiger partial charge is 0.243 e. The van der Waals surface area contributed by atoms with Crippen LogP contribution in [0.25, 0.3) is 11.1 Å². The van der Waals surface area contributed by atoms with Gasteiger partial charge in [-0.3, -0.25) is 4.79 Å². The highest BCUT2D eigenvalue weighted by molar-refractivity contribution is 7.89. The number of hydrogen-bond acceptors (Lipinski definition) is 6. The highest BCUT2D eigenvalue weighted by Gasteiger charge is 2.51. The van der Waals surface area contributed by atoms with Gasteiger partial charge in [-0.05, 0) is 78.4 Å². The predicted octanol–water partition coefficient (Wildman–Crippen LogP) is 4.08. The van der Waals surface area contributed by atoms with Crippen LogP contribution >= 0.6 is 0 Å². The summed E-state index contributed by atoms with van der Waals surface area (Å²) in [5, 5.41) is 3.10. The minimum absolute atomic E-state index is 0.0480. The number of sulfonamides is 1. The van der Waals surface area contributed by atoms with E-state index in [1.54, 1.807) is 12.1 Å². The third-order valence-corrected chi connectivity index (χ3v) is 9.29. The fourth-order valence-corrected chi connectivity index (χ4v) is 6.38. The van der Waals surface area contributed by atoms with E-state index in [1.807, 2.05) is 55.5 Å². The monoisotopic (exact) mass is 520 g/mol. The molecule has 1 saturated heterocycles. The Bertz CT molecular complexity index is 1460. The average molecular weight is 521 g/mol. The molecule has 0 aromatic heterocycles. The molecule has 3 aliphatic rings. The van der Waals surface area contributed by atoms with Crippen molar-refractivity contribution < 1.29 is 27.4 Å². The highest BCUT2D eigenvalue weighted by Crippen LogP contribution is 2.51. The molecule has 1 saturated carbocycles. The van der Waals surface area contributed by atoms with E-state index in [9.17, 15) is 13.2 Å². The normalized spacial score (nSPS) is 18.4. The lowest BCUT2D eigenvalue weighted by molar-refractivity contribution is -0.118. The maximum absolute atomic E-state index is 13.4. The Balaban J connectivity index is 1.22. The van der Waals surface area contributed by atoms with Gasteiger partial charge in [-0.15, -0.1) is 0 Å². The Morgan fingerprint density at radius 1 is 0.919 bits per heavy atom. The van der Waals surface area contributed by atoms with Crippen LogP contribution in [-0.4, -0.2) is 51.7 Å². The number of carbonyl (C=O) groups excluding carboxylic acids is 1. The molecule has 1 amide bonds. The molecule has 3 aromatic rings. The van der Waals surface area contributed by atoms with Crippen molar-refractivity contribution in [2.24, 2.45) is 0 Å². The van der Waals surface area contributed by atoms with Crippen molar-refractivity contribution in [2.75, 3.05) is 38.4 Å². The Labute approximate surface area is 216 Å². The number of amides is 1. The topological polar surface area (TPSA) is 94.2 Å². The molecule has 0 radical (unpaired) electrons. The number of hydrogen-bond donors (Lipinski definition) is 1. The molecular formula is C28H28N2O6S. The second-order valence-electron chi connectivity index (χ2n) is 9.67. The summed E-state index contributed by atoms with van der Waals surface area (Å²) in [6.45, 7) is 3.73. The molecule has 1 aliphatic carbocycles. The summed E-state index contributed by atoms with van der Waals surface area (Å²) in [7, 11) is -3.56. The fourth-order valence-electron chi connectivity index (χ4n) is 4.97. The lowest BCUT2D eigenvalue weighted by Gasteiger charge is -2.26. The van der Waals surface area contributed by atoms with Gasteiger partial charge in [-0.1, -0.05) is 24.3 Å². The molecule has 2 fully saturated rings. The van der Waals surface area contributed by atoms with Crippen LogP contribution < -0.4 is 14.8 Å². The second-order valence-corrected chi connectivity index (χ2v) is 11.6. The molecule has 0 bridgehead atoms. The van der Waals surface area contributed by atoms with Gasteiger partial charge in [0.25, 0.3) is 0 Å². The first-order chi connectivity index (χ1) is 17.9. The van der Waals surface area contributed by atoms with Crippen molar-refractivity contribution in [3.63, 3.8) is 0 Å². The Hall–Kier alpha value is -3.40. The van der Waals surface area contributed by atoms with Crippen molar-refractivity contribution >= 4 is 21.6 Å². The van der Waals surface area contributed by atoms with Crippen LogP contribution in [0.1, 0.15) is 24.0 Å². The summed E-state index contributed by atoms with van der Waals surface area (Å²) in [5.74, 6) is 1.33. The molecule has 1 N–H and O–H groups in total. The maximum atomic E-state index is 13.4. The van der Waals surface area contributed by atoms with E-state index >= 15 is 0 Å². The number of carbonyl (C=O) groups is 1. The number of aryl methyl sites for hydroxylation is 1. The number of ether oxygens (including phenoxy) is 3. The van der Waals surface area contributed by atoms with E-state index in [-0.39, 0.29) is 17.6 Å². The first-order valence-electron chi connectivity index (χ1n) is 12.4. The summed E-state index contributed by atoms with van der Waals surface area (Å²) in [5.41, 5.74) is 3.90. The summed E-state index contributed by atoms with van der Waals surface area (Å²) < 4.78 is 43.6. The van der Waals surface area contributed by atoms with E-state index in [0.29, 0.717) is 43.5 Å². The van der Waals surface area contributed by atoms with Crippen LogP contribution in [0, 0.1) is 6.92 Å². The predicted molar refractivity (Wildman–Crippen MR) is 138 cm³/mol. The molecule has 2 heterocycles. The number of nitrogens with one attached hydrogen (secondary N) is 1. The van der Waals surface area contributed by atoms with Gasteiger partial charge in [0.15, 0.2) is 11.5 Å². The molecule has 3 aromatic carbocycles. The maximum Gasteiger partial charge on any atom is 0.243 e. The summed E-state index contributed by atoms with van der Waals surface area (Å²) >= 11 is 0. The van der Waals surface area contributed by atoms with Crippen LogP contribution in [-0.2, 0) is 25.0 Å². The summed E-state index contributed by atoms with van der Waals surface area (Å²) in [6, 6.07) is 18.4. The van der Waals surface area contributed by atoms with E-state index in [0.717, 1.165) is 35.1 Å². The number of anilines is 1. The van der Waals surface area contributed by atoms with E-state index in [2.05, 4.69) is 5.32 Å². The van der Waals surface area contributed by atoms with Crippen molar-refractivity contribution in [1.29, 1.82) is 0 Å². The molecule has 0 unspecified atom stereocenters. The molecule has 37 heavy (non-hydrogen) atoms. The van der Waals surface area contributed by atoms with Gasteiger partial charge >= 0.3 is 0 Å². The lowest BCUT2D eigenvalue weighted by atomic mass is 9.94. The van der Waals surface area contributed by atoms with Gasteiger partial charge in [-0.25, -0.2) is 8.42 Å². The third kappa shape index (κ3) is 4.37. The standard InChI is InChI=1S/C28H28N2O6S/c1-19-2-6-22(29-27(31)28(10-11-28)21-5-9-25-26(16-21)36-18-35-25)17-24(19)20-3-7-23(8-4-20)37(32,33)30-12-14-34-15-13-30/h2-9,16-17H,10-15,18H2,1H3,(H,29,31). The average Bonchev–Trinajstić information content (AvgIpc) is 3.61. The Morgan fingerprint density at radius 3 is 2.38 bits per heavy atom. The zero-order valence-electron chi connectivity index (χ0n) is 20.5. The molecule has 192 valence electrons. The number of benzene rings is 3. The van der Waals surface area contributed by atoms with Crippen LogP contribution in [0.4, 0.5) is 5.69 Å². The van der Waals surface area contributed by atoms with Crippen LogP contribution in [0.2, 0.25) is 0 Å². The SMILES string of the molecule is Cc1ccc(NC(=O)C2(c3ccc4c(c3)OCO4)CC2)cc1-c1ccc(S(=O)(=O)N2CCOCC2)cc1. The van der Waals surface area contributed by atoms with E-state index in [4.69, 9.17) is 14.2 Å². The summed E-state index contributed by atoms with van der Waals surface area (Å²) in [6.07, 6.45) is 1.55. The fraction of sp³-hybridized carbons (Fsp3) is 0.321. The van der Waals surface area contributed by atoms with Crippen LogP contribution in [0.5, 0.6) is 11.5 Å². The molecule has 6 rings (SSSR count). The van der Waals surface area contributed by atoms with Gasteiger partial charge < -0.3 is 19.5 Å². The van der Waals surface area contributed by atoms with E-state index in [1.165, 1.54) is 4.31 Å². The number of rotatable bonds is 6. The van der Waals surface area contributed by atoms with Gasteiger partial charge in [-0.2, -0.15) is 4.31 Å². The van der Waals surface area contributed by atoms with Crippen molar-refractivity contribution in [2.45, 2.75) is 30.1 Å². The zero-order chi connectivity index (χ0) is 25.6. The van der Waals surface area contributed by atoms with Crippen LogP contribution in [0.15, 0.2) is 65.6 Å². The number of fused-ring (bicyclic) bond motifs is 1. The highest BCUT2D eigenvalue weighted by atomic mass is 32.2. The minimum atomic E-state index is -3.56. The molecule has 0 atom stereocenters. The van der Waals surface area contributed by atoms with Crippen molar-refractivity contribution in [3.05, 3.63) is 71.8 Å². The molecule has 0 spiro atoms. The van der Waals surface area contributed by atoms with Gasteiger partial charge in [0, 0.05) is 18.8 Å². The molecular weight excluding hydrogens is 492 g/mol. The van der Waals surface area contributed by atoms with Gasteiger partial charge in [0.1, 0.15) is 0 Å². The largest absolute Gasteiger partial charge is 0.454 e. The molecule has 2 aliphatic heterocycles. The van der Waals surface area contributed by atoms with Crippen LogP contribution in [0.3, 0.4) is 0 Å². The first kappa shape index (κ1) is 24.0. The Morgan fingerprint density at radius 2 is 1.65 bits per heavy atom. The van der Waals surface area contributed by atoms with Crippen molar-refractivity contribution in [1.82, 2.24) is 4.31 Å². The molecule has 8 nitrogen and oxygen atoms in total. The minimum Gasteiger partial charge on any atom is -0.454 e. The van der Waals surface area contributed by atoms with Crippen molar-refractivity contribution in [3.8, 4) is 22.6 Å². The second kappa shape index (κ2) is 9.16. The number of nitrogens with zero attached hydrogens (tertiary/aromatic N) is 1. The number of morpholine rings is 1. The zero-order valence-corrected chi connectivity index (χ0v) is 21.3.